The summed E-state index contributed by atoms with van der Waals surface area (Å²) in [6.07, 6.45) is 5.85. The van der Waals surface area contributed by atoms with Crippen molar-refractivity contribution in [2.45, 2.75) is 44.3 Å². The van der Waals surface area contributed by atoms with E-state index in [0.29, 0.717) is 40.7 Å². The molecule has 1 aliphatic carbocycles. The van der Waals surface area contributed by atoms with E-state index in [4.69, 9.17) is 10.8 Å². The first-order valence-electron chi connectivity index (χ1n) is 13.6. The number of nitrogens with two attached hydrogens (primary N) is 1. The molecule has 0 radical (unpaired) electrons. The Hall–Kier alpha value is -3.56. The lowest BCUT2D eigenvalue weighted by molar-refractivity contribution is 0.0815. The molecular formula is C29H35FN8. The fourth-order valence-corrected chi connectivity index (χ4v) is 5.91. The van der Waals surface area contributed by atoms with Crippen LogP contribution in [-0.2, 0) is 6.54 Å². The van der Waals surface area contributed by atoms with E-state index in [0.717, 1.165) is 63.1 Å². The third-order valence-electron chi connectivity index (χ3n) is 8.15. The minimum atomic E-state index is -0.329. The molecule has 198 valence electrons. The molecule has 2 fully saturated rings. The van der Waals surface area contributed by atoms with Crippen molar-refractivity contribution in [1.82, 2.24) is 29.5 Å². The van der Waals surface area contributed by atoms with Gasteiger partial charge in [0.05, 0.1) is 17.1 Å². The second-order valence-corrected chi connectivity index (χ2v) is 10.6. The number of piperazine rings is 1. The zero-order valence-electron chi connectivity index (χ0n) is 21.9. The summed E-state index contributed by atoms with van der Waals surface area (Å²) in [4.78, 5) is 13.9. The van der Waals surface area contributed by atoms with Crippen molar-refractivity contribution in [2.24, 2.45) is 0 Å². The van der Waals surface area contributed by atoms with E-state index in [1.165, 1.54) is 12.4 Å². The monoisotopic (exact) mass is 514 g/mol. The smallest absolute Gasteiger partial charge is 0.164 e. The van der Waals surface area contributed by atoms with Crippen molar-refractivity contribution in [3.8, 4) is 11.3 Å². The van der Waals surface area contributed by atoms with Gasteiger partial charge in [-0.1, -0.05) is 36.4 Å². The van der Waals surface area contributed by atoms with Crippen LogP contribution in [0, 0.1) is 5.82 Å². The van der Waals surface area contributed by atoms with Gasteiger partial charge in [0.25, 0.3) is 0 Å². The predicted molar refractivity (Wildman–Crippen MR) is 149 cm³/mol. The second kappa shape index (κ2) is 10.7. The molecular weight excluding hydrogens is 479 g/mol. The largest absolute Gasteiger partial charge is 0.383 e. The van der Waals surface area contributed by atoms with E-state index >= 15 is 4.39 Å². The Kier molecular flexibility index (Phi) is 6.95. The van der Waals surface area contributed by atoms with Gasteiger partial charge in [0.2, 0.25) is 0 Å². The number of anilines is 2. The van der Waals surface area contributed by atoms with Crippen LogP contribution in [0.5, 0.6) is 0 Å². The van der Waals surface area contributed by atoms with Crippen molar-refractivity contribution in [3.05, 3.63) is 66.2 Å². The maximum absolute atomic E-state index is 15.2. The van der Waals surface area contributed by atoms with Crippen LogP contribution in [0.4, 0.5) is 15.9 Å². The molecule has 0 spiro atoms. The summed E-state index contributed by atoms with van der Waals surface area (Å²) in [5, 5.41) is 8.87. The minimum absolute atomic E-state index is 0.237. The van der Waals surface area contributed by atoms with E-state index in [2.05, 4.69) is 32.1 Å². The molecule has 1 aliphatic heterocycles. The lowest BCUT2D eigenvalue weighted by Crippen LogP contribution is -2.49. The maximum atomic E-state index is 15.2. The highest BCUT2D eigenvalue weighted by atomic mass is 19.1. The number of nitrogens with zero attached hydrogens (tertiary/aromatic N) is 6. The zero-order chi connectivity index (χ0) is 26.1. The third kappa shape index (κ3) is 4.96. The Morgan fingerprint density at radius 2 is 1.68 bits per heavy atom. The van der Waals surface area contributed by atoms with Gasteiger partial charge in [-0.05, 0) is 50.4 Å². The molecule has 0 atom stereocenters. The number of benzene rings is 2. The van der Waals surface area contributed by atoms with Gasteiger partial charge >= 0.3 is 0 Å². The topological polar surface area (TPSA) is 88.1 Å². The summed E-state index contributed by atoms with van der Waals surface area (Å²) >= 11 is 0. The molecule has 3 heterocycles. The van der Waals surface area contributed by atoms with Crippen LogP contribution in [0.15, 0.2) is 54.9 Å². The zero-order valence-corrected chi connectivity index (χ0v) is 21.9. The number of hydrogen-bond donors (Lipinski definition) is 2. The SMILES string of the molecule is CN1CCN([C@H]2CC[C@@H](n3nc(-c4ccc(NCc5ccccc5)c(F)c4)c4c(N)ncnc43)CC2)CC1. The summed E-state index contributed by atoms with van der Waals surface area (Å²) in [5.74, 6) is 0.0401. The van der Waals surface area contributed by atoms with Crippen LogP contribution in [0.2, 0.25) is 0 Å². The second-order valence-electron chi connectivity index (χ2n) is 10.6. The summed E-state index contributed by atoms with van der Waals surface area (Å²) in [5.41, 5.74) is 9.90. The van der Waals surface area contributed by atoms with Crippen LogP contribution in [0.1, 0.15) is 37.3 Å². The van der Waals surface area contributed by atoms with E-state index in [9.17, 15) is 0 Å². The molecule has 0 amide bonds. The van der Waals surface area contributed by atoms with Gasteiger partial charge in [-0.25, -0.2) is 19.0 Å². The Morgan fingerprint density at radius 3 is 2.42 bits per heavy atom. The lowest BCUT2D eigenvalue weighted by Gasteiger charge is -2.41. The van der Waals surface area contributed by atoms with Crippen molar-refractivity contribution in [2.75, 3.05) is 44.3 Å². The average molecular weight is 515 g/mol. The van der Waals surface area contributed by atoms with Gasteiger partial charge < -0.3 is 16.0 Å². The predicted octanol–water partition coefficient (Wildman–Crippen LogP) is 4.56. The van der Waals surface area contributed by atoms with E-state index in [1.807, 2.05) is 41.1 Å². The van der Waals surface area contributed by atoms with Crippen molar-refractivity contribution in [1.29, 1.82) is 0 Å². The number of likely N-dealkylation sites (N-methyl/N-ethyl adjacent to an activating group) is 1. The van der Waals surface area contributed by atoms with Gasteiger partial charge in [0.15, 0.2) is 5.65 Å². The third-order valence-corrected chi connectivity index (χ3v) is 8.15. The lowest BCUT2D eigenvalue weighted by atomic mass is 9.90. The molecule has 1 saturated carbocycles. The van der Waals surface area contributed by atoms with E-state index in [-0.39, 0.29) is 11.9 Å². The number of nitrogens with one attached hydrogen (secondary N) is 1. The molecule has 9 heteroatoms. The Morgan fingerprint density at radius 1 is 0.947 bits per heavy atom. The highest BCUT2D eigenvalue weighted by Gasteiger charge is 2.30. The quantitative estimate of drug-likeness (QED) is 0.390. The Labute approximate surface area is 222 Å². The normalized spacial score (nSPS) is 21.1. The molecule has 0 bridgehead atoms. The summed E-state index contributed by atoms with van der Waals surface area (Å²) in [6.45, 7) is 5.12. The van der Waals surface area contributed by atoms with Gasteiger partial charge in [-0.2, -0.15) is 5.10 Å². The van der Waals surface area contributed by atoms with Crippen molar-refractivity contribution >= 4 is 22.5 Å². The Balaban J connectivity index is 1.23. The molecule has 8 nitrogen and oxygen atoms in total. The molecule has 1 saturated heterocycles. The summed E-state index contributed by atoms with van der Waals surface area (Å²) in [7, 11) is 2.20. The highest BCUT2D eigenvalue weighted by Crippen LogP contribution is 2.37. The van der Waals surface area contributed by atoms with Crippen LogP contribution in [-0.4, -0.2) is 68.8 Å². The highest BCUT2D eigenvalue weighted by molar-refractivity contribution is 5.98. The number of aromatic nitrogens is 4. The molecule has 2 aliphatic rings. The molecule has 2 aromatic heterocycles. The first-order chi connectivity index (χ1) is 18.6. The molecule has 3 N–H and O–H groups in total. The van der Waals surface area contributed by atoms with Gasteiger partial charge in [0.1, 0.15) is 23.7 Å². The van der Waals surface area contributed by atoms with E-state index < -0.39 is 0 Å². The number of fused-ring (bicyclic) bond motifs is 1. The number of nitrogen functional groups attached to an aromatic ring is 1. The maximum Gasteiger partial charge on any atom is 0.164 e. The van der Waals surface area contributed by atoms with Crippen molar-refractivity contribution in [3.63, 3.8) is 0 Å². The number of rotatable bonds is 6. The average Bonchev–Trinajstić information content (AvgIpc) is 3.34. The first-order valence-corrected chi connectivity index (χ1v) is 13.6. The minimum Gasteiger partial charge on any atom is -0.383 e. The fraction of sp³-hybridized carbons (Fsp3) is 0.414. The first kappa shape index (κ1) is 24.8. The van der Waals surface area contributed by atoms with E-state index in [1.54, 1.807) is 6.07 Å². The van der Waals surface area contributed by atoms with Crippen LogP contribution in [0.25, 0.3) is 22.3 Å². The molecule has 2 aromatic carbocycles. The summed E-state index contributed by atoms with van der Waals surface area (Å²) < 4.78 is 17.2. The van der Waals surface area contributed by atoms with Crippen LogP contribution in [0.3, 0.4) is 0 Å². The molecule has 6 rings (SSSR count). The standard InChI is InChI=1S/C29H35FN8/c1-36-13-15-37(16-14-36)22-8-10-23(11-9-22)38-29-26(28(31)33-19-34-29)27(35-38)21-7-12-25(24(30)17-21)32-18-20-5-3-2-4-6-20/h2-7,12,17,19,22-23,32H,8-11,13-16,18H2,1H3,(H2,31,33,34)/t22-,23+. The number of halogens is 1. The molecule has 0 unspecified atom stereocenters. The summed E-state index contributed by atoms with van der Waals surface area (Å²) in [6, 6.07) is 16.0. The van der Waals surface area contributed by atoms with Crippen LogP contribution >= 0.6 is 0 Å². The molecule has 4 aromatic rings. The Bertz CT molecular complexity index is 1390. The van der Waals surface area contributed by atoms with Gasteiger partial charge in [-0.15, -0.1) is 0 Å². The van der Waals surface area contributed by atoms with Crippen LogP contribution < -0.4 is 11.1 Å². The van der Waals surface area contributed by atoms with Gasteiger partial charge in [0, 0.05) is 44.3 Å². The van der Waals surface area contributed by atoms with Crippen molar-refractivity contribution < 1.29 is 4.39 Å². The fourth-order valence-electron chi connectivity index (χ4n) is 5.91. The molecule has 38 heavy (non-hydrogen) atoms. The van der Waals surface area contributed by atoms with Gasteiger partial charge in [-0.3, -0.25) is 4.90 Å². The number of hydrogen-bond acceptors (Lipinski definition) is 7.